The lowest BCUT2D eigenvalue weighted by Crippen LogP contribution is -2.30. The lowest BCUT2D eigenvalue weighted by molar-refractivity contribution is -0.119. The maximum absolute atomic E-state index is 11.8. The summed E-state index contributed by atoms with van der Waals surface area (Å²) in [7, 11) is 0. The zero-order chi connectivity index (χ0) is 14.3. The Labute approximate surface area is 122 Å². The average Bonchev–Trinajstić information content (AvgIpc) is 2.80. The number of rotatable bonds is 8. The molecule has 3 N–H and O–H groups in total. The van der Waals surface area contributed by atoms with Gasteiger partial charge in [-0.1, -0.05) is 19.9 Å². The molecule has 0 saturated carbocycles. The highest BCUT2D eigenvalue weighted by Gasteiger charge is 2.17. The summed E-state index contributed by atoms with van der Waals surface area (Å²) in [5, 5.41) is 5.03. The first-order chi connectivity index (χ1) is 8.99. The molecule has 4 nitrogen and oxygen atoms in total. The Bertz CT molecular complexity index is 405. The molecular formula is C13H20N2O2S2. The smallest absolute Gasteiger partial charge is 0.230 e. The summed E-state index contributed by atoms with van der Waals surface area (Å²) in [5.41, 5.74) is 5.03. The van der Waals surface area contributed by atoms with Crippen molar-refractivity contribution in [3.8, 4) is 0 Å². The molecule has 0 bridgehead atoms. The minimum Gasteiger partial charge on any atom is -0.369 e. The van der Waals surface area contributed by atoms with Gasteiger partial charge in [0.05, 0.1) is 17.5 Å². The number of hydrogen-bond acceptors (Lipinski definition) is 4. The molecule has 6 heteroatoms. The van der Waals surface area contributed by atoms with Gasteiger partial charge in [-0.05, 0) is 23.8 Å². The monoisotopic (exact) mass is 300 g/mol. The van der Waals surface area contributed by atoms with E-state index < -0.39 is 5.91 Å². The molecule has 0 aliphatic carbocycles. The van der Waals surface area contributed by atoms with Crippen molar-refractivity contribution in [3.63, 3.8) is 0 Å². The molecular weight excluding hydrogens is 280 g/mol. The minimum atomic E-state index is -0.394. The van der Waals surface area contributed by atoms with Crippen molar-refractivity contribution in [1.82, 2.24) is 5.32 Å². The normalized spacial score (nSPS) is 12.4. The number of thioether (sulfide) groups is 1. The van der Waals surface area contributed by atoms with Crippen molar-refractivity contribution < 1.29 is 9.59 Å². The van der Waals surface area contributed by atoms with Gasteiger partial charge >= 0.3 is 0 Å². The van der Waals surface area contributed by atoms with Gasteiger partial charge in [0.2, 0.25) is 11.8 Å². The summed E-state index contributed by atoms with van der Waals surface area (Å²) in [6.07, 6.45) is 0.909. The van der Waals surface area contributed by atoms with E-state index in [-0.39, 0.29) is 23.5 Å². The number of thiophene rings is 1. The zero-order valence-electron chi connectivity index (χ0n) is 11.2. The van der Waals surface area contributed by atoms with E-state index in [9.17, 15) is 9.59 Å². The first-order valence-electron chi connectivity index (χ1n) is 6.18. The molecule has 0 saturated heterocycles. The highest BCUT2D eigenvalue weighted by Crippen LogP contribution is 2.25. The van der Waals surface area contributed by atoms with Crippen LogP contribution >= 0.6 is 23.1 Å². The molecule has 0 aromatic carbocycles. The number of nitrogens with one attached hydrogen (secondary N) is 1. The van der Waals surface area contributed by atoms with Crippen molar-refractivity contribution in [2.75, 3.05) is 11.5 Å². The topological polar surface area (TPSA) is 72.2 Å². The van der Waals surface area contributed by atoms with Crippen molar-refractivity contribution in [2.24, 2.45) is 11.7 Å². The highest BCUT2D eigenvalue weighted by atomic mass is 32.2. The predicted molar refractivity (Wildman–Crippen MR) is 81.2 cm³/mol. The van der Waals surface area contributed by atoms with Gasteiger partial charge in [-0.3, -0.25) is 9.59 Å². The zero-order valence-corrected chi connectivity index (χ0v) is 12.9. The van der Waals surface area contributed by atoms with Gasteiger partial charge in [0.25, 0.3) is 0 Å². The van der Waals surface area contributed by atoms with E-state index in [4.69, 9.17) is 5.73 Å². The maximum Gasteiger partial charge on any atom is 0.230 e. The van der Waals surface area contributed by atoms with E-state index in [1.165, 1.54) is 16.6 Å². The number of hydrogen-bond donors (Lipinski definition) is 2. The predicted octanol–water partition coefficient (Wildman–Crippen LogP) is 2.17. The molecule has 2 amide bonds. The SMILES string of the molecule is CC(C)C[C@H](NC(=O)CSCC(N)=O)c1cccs1. The summed E-state index contributed by atoms with van der Waals surface area (Å²) < 4.78 is 0. The molecule has 1 aromatic heterocycles. The number of carbonyl (C=O) groups excluding carboxylic acids is 2. The van der Waals surface area contributed by atoms with Crippen LogP contribution in [0.1, 0.15) is 31.2 Å². The van der Waals surface area contributed by atoms with E-state index in [0.29, 0.717) is 5.92 Å². The van der Waals surface area contributed by atoms with Gasteiger partial charge in [-0.25, -0.2) is 0 Å². The Morgan fingerprint density at radius 2 is 2.16 bits per heavy atom. The van der Waals surface area contributed by atoms with Crippen LogP contribution < -0.4 is 11.1 Å². The van der Waals surface area contributed by atoms with Crippen molar-refractivity contribution in [3.05, 3.63) is 22.4 Å². The van der Waals surface area contributed by atoms with Crippen LogP contribution in [0.3, 0.4) is 0 Å². The lowest BCUT2D eigenvalue weighted by Gasteiger charge is -2.19. The fraction of sp³-hybridized carbons (Fsp3) is 0.538. The average molecular weight is 300 g/mol. The van der Waals surface area contributed by atoms with Gasteiger partial charge in [0.15, 0.2) is 0 Å². The Balaban J connectivity index is 2.48. The fourth-order valence-electron chi connectivity index (χ4n) is 1.69. The number of carbonyl (C=O) groups is 2. The Morgan fingerprint density at radius 3 is 2.68 bits per heavy atom. The molecule has 0 aliphatic heterocycles. The summed E-state index contributed by atoms with van der Waals surface area (Å²) in [6.45, 7) is 4.27. The van der Waals surface area contributed by atoms with Crippen LogP contribution in [0.5, 0.6) is 0 Å². The molecule has 0 aliphatic rings. The third-order valence-electron chi connectivity index (χ3n) is 2.41. The molecule has 0 fully saturated rings. The molecule has 0 radical (unpaired) electrons. The van der Waals surface area contributed by atoms with E-state index >= 15 is 0 Å². The highest BCUT2D eigenvalue weighted by molar-refractivity contribution is 8.00. The van der Waals surface area contributed by atoms with Crippen LogP contribution in [0, 0.1) is 5.92 Å². The van der Waals surface area contributed by atoms with E-state index in [1.807, 2.05) is 17.5 Å². The largest absolute Gasteiger partial charge is 0.369 e. The Hall–Kier alpha value is -1.01. The quantitative estimate of drug-likeness (QED) is 0.773. The van der Waals surface area contributed by atoms with E-state index in [0.717, 1.165) is 6.42 Å². The van der Waals surface area contributed by atoms with Gasteiger partial charge in [0.1, 0.15) is 0 Å². The summed E-state index contributed by atoms with van der Waals surface area (Å²) in [6, 6.07) is 4.08. The van der Waals surface area contributed by atoms with Crippen LogP contribution in [0.15, 0.2) is 17.5 Å². The van der Waals surface area contributed by atoms with Crippen molar-refractivity contribution in [2.45, 2.75) is 26.3 Å². The van der Waals surface area contributed by atoms with E-state index in [2.05, 4.69) is 19.2 Å². The second-order valence-electron chi connectivity index (χ2n) is 4.72. The van der Waals surface area contributed by atoms with Gasteiger partial charge in [-0.15, -0.1) is 23.1 Å². The Morgan fingerprint density at radius 1 is 1.42 bits per heavy atom. The van der Waals surface area contributed by atoms with Crippen LogP contribution in [0.2, 0.25) is 0 Å². The molecule has 0 spiro atoms. The van der Waals surface area contributed by atoms with Gasteiger partial charge < -0.3 is 11.1 Å². The summed E-state index contributed by atoms with van der Waals surface area (Å²) >= 11 is 2.89. The second kappa shape index (κ2) is 8.22. The summed E-state index contributed by atoms with van der Waals surface area (Å²) in [4.78, 5) is 23.6. The number of primary amides is 1. The second-order valence-corrected chi connectivity index (χ2v) is 6.69. The van der Waals surface area contributed by atoms with Crippen molar-refractivity contribution in [1.29, 1.82) is 0 Å². The van der Waals surface area contributed by atoms with Crippen LogP contribution in [-0.4, -0.2) is 23.3 Å². The molecule has 106 valence electrons. The standard InChI is InChI=1S/C13H20N2O2S2/c1-9(2)6-10(11-4-3-5-19-11)15-13(17)8-18-7-12(14)16/h3-5,9-10H,6-8H2,1-2H3,(H2,14,16)(H,15,17)/t10-/m0/s1. The molecule has 1 atom stereocenters. The van der Waals surface area contributed by atoms with Gasteiger partial charge in [0, 0.05) is 4.88 Å². The first kappa shape index (κ1) is 16.0. The molecule has 1 heterocycles. The summed E-state index contributed by atoms with van der Waals surface area (Å²) in [5.74, 6) is 0.509. The Kier molecular flexibility index (Phi) is 6.94. The minimum absolute atomic E-state index is 0.0506. The molecule has 1 aromatic rings. The lowest BCUT2D eigenvalue weighted by atomic mass is 10.0. The molecule has 1 rings (SSSR count). The third kappa shape index (κ3) is 6.63. The van der Waals surface area contributed by atoms with Crippen molar-refractivity contribution >= 4 is 34.9 Å². The van der Waals surface area contributed by atoms with E-state index in [1.54, 1.807) is 11.3 Å². The third-order valence-corrected chi connectivity index (χ3v) is 4.35. The van der Waals surface area contributed by atoms with Crippen LogP contribution in [-0.2, 0) is 9.59 Å². The maximum atomic E-state index is 11.8. The molecule has 0 unspecified atom stereocenters. The number of nitrogens with two attached hydrogens (primary N) is 1. The first-order valence-corrected chi connectivity index (χ1v) is 8.21. The van der Waals surface area contributed by atoms with Crippen LogP contribution in [0.25, 0.3) is 0 Å². The fourth-order valence-corrected chi connectivity index (χ4v) is 3.05. The molecule has 19 heavy (non-hydrogen) atoms. The van der Waals surface area contributed by atoms with Crippen LogP contribution in [0.4, 0.5) is 0 Å². The number of amides is 2. The van der Waals surface area contributed by atoms with Gasteiger partial charge in [-0.2, -0.15) is 0 Å².